The first-order valence-corrected chi connectivity index (χ1v) is 11.0. The molecule has 3 aromatic carbocycles. The molecule has 0 bridgehead atoms. The van der Waals surface area contributed by atoms with Crippen molar-refractivity contribution >= 4 is 28.7 Å². The molecule has 33 heavy (non-hydrogen) atoms. The number of aliphatic imine (C=N–C) groups is 1. The standard InChI is InChI=1S/C26H26N4O3/c1-3-29(4-2)17-18-10-12-20(13-11-18)27-25(19-8-6-5-7-9-19)24-22-16-21(30(32)33)14-15-23(22)28-26(24)31/h5-16,24H,3-4,17H2,1-2H3,(H,28,31). The second kappa shape index (κ2) is 9.75. The molecule has 1 unspecified atom stereocenters. The molecule has 0 aliphatic carbocycles. The van der Waals surface area contributed by atoms with Crippen LogP contribution in [0.3, 0.4) is 0 Å². The van der Waals surface area contributed by atoms with Crippen molar-refractivity contribution in [2.75, 3.05) is 18.4 Å². The number of amides is 1. The fraction of sp³-hybridized carbons (Fsp3) is 0.231. The van der Waals surface area contributed by atoms with Crippen LogP contribution in [-0.4, -0.2) is 34.5 Å². The Hall–Kier alpha value is -3.84. The van der Waals surface area contributed by atoms with Gasteiger partial charge in [0.15, 0.2) is 0 Å². The minimum atomic E-state index is -0.738. The lowest BCUT2D eigenvalue weighted by Gasteiger charge is -2.18. The van der Waals surface area contributed by atoms with Gasteiger partial charge >= 0.3 is 0 Å². The molecular formula is C26H26N4O3. The van der Waals surface area contributed by atoms with Gasteiger partial charge in [0.25, 0.3) is 5.69 Å². The average Bonchev–Trinajstić information content (AvgIpc) is 3.17. The molecule has 0 saturated carbocycles. The maximum atomic E-state index is 13.0. The lowest BCUT2D eigenvalue weighted by Crippen LogP contribution is -2.22. The zero-order valence-corrected chi connectivity index (χ0v) is 18.7. The maximum Gasteiger partial charge on any atom is 0.269 e. The van der Waals surface area contributed by atoms with Crippen molar-refractivity contribution in [3.63, 3.8) is 0 Å². The van der Waals surface area contributed by atoms with Crippen LogP contribution in [0.15, 0.2) is 77.8 Å². The van der Waals surface area contributed by atoms with Crippen molar-refractivity contribution in [2.24, 2.45) is 4.99 Å². The van der Waals surface area contributed by atoms with Gasteiger partial charge in [-0.05, 0) is 42.4 Å². The minimum Gasteiger partial charge on any atom is -0.325 e. The zero-order chi connectivity index (χ0) is 23.4. The number of carbonyl (C=O) groups is 1. The molecule has 0 aromatic heterocycles. The molecule has 3 aromatic rings. The van der Waals surface area contributed by atoms with Gasteiger partial charge in [0.05, 0.1) is 16.3 Å². The third-order valence-electron chi connectivity index (χ3n) is 5.91. The SMILES string of the molecule is CCN(CC)Cc1ccc(N=C(c2ccccc2)C2C(=O)Nc3ccc([N+](=O)[O-])cc32)cc1. The van der Waals surface area contributed by atoms with Crippen molar-refractivity contribution in [2.45, 2.75) is 26.3 Å². The highest BCUT2D eigenvalue weighted by atomic mass is 16.6. The van der Waals surface area contributed by atoms with Crippen LogP contribution in [0.1, 0.15) is 36.5 Å². The Balaban J connectivity index is 1.75. The Labute approximate surface area is 192 Å². The average molecular weight is 443 g/mol. The van der Waals surface area contributed by atoms with Crippen LogP contribution in [0.2, 0.25) is 0 Å². The number of anilines is 1. The first-order valence-electron chi connectivity index (χ1n) is 11.0. The molecule has 1 N–H and O–H groups in total. The van der Waals surface area contributed by atoms with Crippen LogP contribution < -0.4 is 5.32 Å². The van der Waals surface area contributed by atoms with Crippen LogP contribution in [0.5, 0.6) is 0 Å². The van der Waals surface area contributed by atoms with Crippen LogP contribution in [0.25, 0.3) is 0 Å². The fourth-order valence-electron chi connectivity index (χ4n) is 4.06. The highest BCUT2D eigenvalue weighted by Gasteiger charge is 2.36. The van der Waals surface area contributed by atoms with Crippen LogP contribution in [-0.2, 0) is 11.3 Å². The summed E-state index contributed by atoms with van der Waals surface area (Å²) < 4.78 is 0. The minimum absolute atomic E-state index is 0.0524. The van der Waals surface area contributed by atoms with Crippen molar-refractivity contribution in [1.82, 2.24) is 4.90 Å². The molecule has 7 nitrogen and oxygen atoms in total. The Kier molecular flexibility index (Phi) is 6.60. The molecule has 4 rings (SSSR count). The smallest absolute Gasteiger partial charge is 0.269 e. The van der Waals surface area contributed by atoms with Gasteiger partial charge in [-0.2, -0.15) is 0 Å². The number of non-ortho nitro benzene ring substituents is 1. The summed E-state index contributed by atoms with van der Waals surface area (Å²) in [6.07, 6.45) is 0. The van der Waals surface area contributed by atoms with E-state index in [1.165, 1.54) is 17.7 Å². The van der Waals surface area contributed by atoms with Gasteiger partial charge < -0.3 is 5.32 Å². The van der Waals surface area contributed by atoms with E-state index in [2.05, 4.69) is 24.1 Å². The normalized spacial score (nSPS) is 15.4. The lowest BCUT2D eigenvalue weighted by molar-refractivity contribution is -0.384. The predicted octanol–water partition coefficient (Wildman–Crippen LogP) is 5.29. The third kappa shape index (κ3) is 4.83. The van der Waals surface area contributed by atoms with Gasteiger partial charge in [0, 0.05) is 29.9 Å². The number of hydrogen-bond acceptors (Lipinski definition) is 5. The predicted molar refractivity (Wildman–Crippen MR) is 130 cm³/mol. The molecule has 0 spiro atoms. The third-order valence-corrected chi connectivity index (χ3v) is 5.91. The van der Waals surface area contributed by atoms with E-state index in [0.717, 1.165) is 30.9 Å². The summed E-state index contributed by atoms with van der Waals surface area (Å²) in [5.74, 6) is -0.982. The fourth-order valence-corrected chi connectivity index (χ4v) is 4.06. The molecule has 1 atom stereocenters. The number of nitro benzene ring substituents is 1. The van der Waals surface area contributed by atoms with Crippen LogP contribution in [0, 0.1) is 10.1 Å². The number of fused-ring (bicyclic) bond motifs is 1. The van der Waals surface area contributed by atoms with Crippen LogP contribution >= 0.6 is 0 Å². The highest BCUT2D eigenvalue weighted by Crippen LogP contribution is 2.38. The molecule has 1 aliphatic heterocycles. The number of hydrogen-bond donors (Lipinski definition) is 1. The first-order chi connectivity index (χ1) is 16.0. The van der Waals surface area contributed by atoms with E-state index in [4.69, 9.17) is 4.99 Å². The van der Waals surface area contributed by atoms with E-state index in [-0.39, 0.29) is 11.6 Å². The topological polar surface area (TPSA) is 87.8 Å². The first kappa shape index (κ1) is 22.4. The number of nitrogens with zero attached hydrogens (tertiary/aromatic N) is 3. The van der Waals surface area contributed by atoms with Gasteiger partial charge in [-0.1, -0.05) is 56.3 Å². The number of rotatable bonds is 8. The maximum absolute atomic E-state index is 13.0. The number of nitro groups is 1. The summed E-state index contributed by atoms with van der Waals surface area (Å²) in [4.78, 5) is 31.1. The van der Waals surface area contributed by atoms with E-state index in [1.807, 2.05) is 54.6 Å². The second-order valence-corrected chi connectivity index (χ2v) is 7.94. The van der Waals surface area contributed by atoms with Gasteiger partial charge in [-0.25, -0.2) is 0 Å². The molecule has 0 saturated heterocycles. The van der Waals surface area contributed by atoms with Crippen LogP contribution in [0.4, 0.5) is 17.1 Å². The molecular weight excluding hydrogens is 416 g/mol. The highest BCUT2D eigenvalue weighted by molar-refractivity contribution is 6.24. The van der Waals surface area contributed by atoms with Gasteiger partial charge in [0.1, 0.15) is 5.92 Å². The van der Waals surface area contributed by atoms with E-state index in [9.17, 15) is 14.9 Å². The molecule has 1 aliphatic rings. The number of benzene rings is 3. The van der Waals surface area contributed by atoms with Crippen molar-refractivity contribution < 1.29 is 9.72 Å². The Morgan fingerprint density at radius 2 is 1.73 bits per heavy atom. The van der Waals surface area contributed by atoms with Crippen molar-refractivity contribution in [3.8, 4) is 0 Å². The van der Waals surface area contributed by atoms with E-state index < -0.39 is 10.8 Å². The quantitative estimate of drug-likeness (QED) is 0.292. The monoisotopic (exact) mass is 442 g/mol. The number of nitrogens with one attached hydrogen (secondary N) is 1. The van der Waals surface area contributed by atoms with Gasteiger partial charge in [-0.15, -0.1) is 0 Å². The van der Waals surface area contributed by atoms with Gasteiger partial charge in [-0.3, -0.25) is 24.8 Å². The van der Waals surface area contributed by atoms with E-state index in [0.29, 0.717) is 17.0 Å². The summed E-state index contributed by atoms with van der Waals surface area (Å²) >= 11 is 0. The molecule has 0 fully saturated rings. The van der Waals surface area contributed by atoms with Gasteiger partial charge in [0.2, 0.25) is 5.91 Å². The van der Waals surface area contributed by atoms with Crippen molar-refractivity contribution in [1.29, 1.82) is 0 Å². The summed E-state index contributed by atoms with van der Waals surface area (Å²) in [6, 6.07) is 21.9. The summed E-state index contributed by atoms with van der Waals surface area (Å²) in [5, 5.41) is 14.2. The molecule has 168 valence electrons. The summed E-state index contributed by atoms with van der Waals surface area (Å²) in [5.41, 5.74) is 4.36. The Morgan fingerprint density at radius 1 is 1.03 bits per heavy atom. The second-order valence-electron chi connectivity index (χ2n) is 7.94. The number of carbonyl (C=O) groups excluding carboxylic acids is 1. The lowest BCUT2D eigenvalue weighted by atomic mass is 9.90. The molecule has 1 amide bonds. The largest absolute Gasteiger partial charge is 0.325 e. The van der Waals surface area contributed by atoms with Crippen molar-refractivity contribution in [3.05, 3.63) is 99.6 Å². The summed E-state index contributed by atoms with van der Waals surface area (Å²) in [6.45, 7) is 7.12. The Bertz CT molecular complexity index is 1190. The molecule has 1 heterocycles. The van der Waals surface area contributed by atoms with E-state index in [1.54, 1.807) is 6.07 Å². The summed E-state index contributed by atoms with van der Waals surface area (Å²) in [7, 11) is 0. The molecule has 0 radical (unpaired) electrons. The Morgan fingerprint density at radius 3 is 2.36 bits per heavy atom. The van der Waals surface area contributed by atoms with E-state index >= 15 is 0 Å². The molecule has 7 heteroatoms. The zero-order valence-electron chi connectivity index (χ0n) is 18.7.